The Morgan fingerprint density at radius 3 is 2.67 bits per heavy atom. The quantitative estimate of drug-likeness (QED) is 0.826. The number of rotatable bonds is 6. The Morgan fingerprint density at radius 1 is 1.33 bits per heavy atom. The second-order valence-electron chi connectivity index (χ2n) is 4.44. The van der Waals surface area contributed by atoms with Gasteiger partial charge in [-0.1, -0.05) is 11.8 Å². The molecule has 0 unspecified atom stereocenters. The van der Waals surface area contributed by atoms with Crippen molar-refractivity contribution in [3.8, 4) is 11.4 Å². The van der Waals surface area contributed by atoms with E-state index in [9.17, 15) is 4.79 Å². The SMILES string of the molecule is CCNC(=O)[C@H](C)Sc1nnc(-c2ccncc2)n1CC. The fourth-order valence-corrected chi connectivity index (χ4v) is 2.84. The summed E-state index contributed by atoms with van der Waals surface area (Å²) in [7, 11) is 0. The summed E-state index contributed by atoms with van der Waals surface area (Å²) in [6.07, 6.45) is 3.46. The Kier molecular flexibility index (Phi) is 5.32. The number of carbonyl (C=O) groups excluding carboxylic acids is 1. The van der Waals surface area contributed by atoms with E-state index in [0.717, 1.165) is 23.1 Å². The lowest BCUT2D eigenvalue weighted by Gasteiger charge is -2.11. The third-order valence-corrected chi connectivity index (χ3v) is 4.05. The largest absolute Gasteiger partial charge is 0.355 e. The fraction of sp³-hybridized carbons (Fsp3) is 0.429. The number of nitrogens with zero attached hydrogens (tertiary/aromatic N) is 4. The van der Waals surface area contributed by atoms with E-state index in [0.29, 0.717) is 6.54 Å². The molecule has 0 saturated carbocycles. The molecule has 2 aromatic heterocycles. The van der Waals surface area contributed by atoms with Crippen molar-refractivity contribution in [2.75, 3.05) is 6.54 Å². The second kappa shape index (κ2) is 7.21. The Hall–Kier alpha value is -1.89. The zero-order valence-electron chi connectivity index (χ0n) is 12.4. The van der Waals surface area contributed by atoms with E-state index in [2.05, 4.69) is 20.5 Å². The van der Waals surface area contributed by atoms with Crippen LogP contribution in [-0.2, 0) is 11.3 Å². The molecule has 0 aromatic carbocycles. The van der Waals surface area contributed by atoms with Crippen LogP contribution in [0, 0.1) is 0 Å². The molecule has 1 atom stereocenters. The predicted molar refractivity (Wildman–Crippen MR) is 82.9 cm³/mol. The van der Waals surface area contributed by atoms with Crippen LogP contribution in [0.25, 0.3) is 11.4 Å². The molecular formula is C14H19N5OS. The van der Waals surface area contributed by atoms with Gasteiger partial charge in [-0.3, -0.25) is 9.78 Å². The third kappa shape index (κ3) is 3.60. The first kappa shape index (κ1) is 15.5. The van der Waals surface area contributed by atoms with Crippen LogP contribution in [0.3, 0.4) is 0 Å². The minimum absolute atomic E-state index is 0.0126. The lowest BCUT2D eigenvalue weighted by molar-refractivity contribution is -0.120. The number of amides is 1. The van der Waals surface area contributed by atoms with Gasteiger partial charge in [0.1, 0.15) is 0 Å². The minimum Gasteiger partial charge on any atom is -0.355 e. The van der Waals surface area contributed by atoms with Crippen LogP contribution in [0.15, 0.2) is 29.7 Å². The molecule has 6 nitrogen and oxygen atoms in total. The van der Waals surface area contributed by atoms with Crippen LogP contribution >= 0.6 is 11.8 Å². The van der Waals surface area contributed by atoms with Crippen molar-refractivity contribution in [1.82, 2.24) is 25.1 Å². The molecule has 0 aliphatic heterocycles. The summed E-state index contributed by atoms with van der Waals surface area (Å²) in [5.74, 6) is 0.809. The average molecular weight is 305 g/mol. The smallest absolute Gasteiger partial charge is 0.233 e. The van der Waals surface area contributed by atoms with Crippen molar-refractivity contribution in [3.05, 3.63) is 24.5 Å². The van der Waals surface area contributed by atoms with Gasteiger partial charge in [-0.05, 0) is 32.9 Å². The number of aromatic nitrogens is 4. The molecule has 0 aliphatic rings. The number of nitrogens with one attached hydrogen (secondary N) is 1. The average Bonchev–Trinajstić information content (AvgIpc) is 2.91. The van der Waals surface area contributed by atoms with E-state index in [-0.39, 0.29) is 11.2 Å². The number of thioether (sulfide) groups is 1. The Labute approximate surface area is 128 Å². The summed E-state index contributed by atoms with van der Waals surface area (Å²) in [6, 6.07) is 3.80. The summed E-state index contributed by atoms with van der Waals surface area (Å²) in [5, 5.41) is 11.8. The van der Waals surface area contributed by atoms with Gasteiger partial charge in [-0.2, -0.15) is 0 Å². The van der Waals surface area contributed by atoms with E-state index in [1.807, 2.05) is 37.5 Å². The highest BCUT2D eigenvalue weighted by atomic mass is 32.2. The van der Waals surface area contributed by atoms with Gasteiger partial charge in [0.05, 0.1) is 5.25 Å². The van der Waals surface area contributed by atoms with Gasteiger partial charge in [-0.25, -0.2) is 0 Å². The summed E-state index contributed by atoms with van der Waals surface area (Å²) in [4.78, 5) is 15.8. The zero-order valence-corrected chi connectivity index (χ0v) is 13.2. The highest BCUT2D eigenvalue weighted by Crippen LogP contribution is 2.26. The van der Waals surface area contributed by atoms with Crippen molar-refractivity contribution >= 4 is 17.7 Å². The first-order valence-corrected chi connectivity index (χ1v) is 7.83. The molecule has 1 amide bonds. The van der Waals surface area contributed by atoms with E-state index in [1.165, 1.54) is 11.8 Å². The molecule has 0 bridgehead atoms. The Balaban J connectivity index is 2.22. The van der Waals surface area contributed by atoms with Gasteiger partial charge in [0.2, 0.25) is 5.91 Å². The molecule has 0 saturated heterocycles. The molecule has 0 fully saturated rings. The molecule has 0 aliphatic carbocycles. The normalized spacial score (nSPS) is 12.1. The van der Waals surface area contributed by atoms with E-state index in [4.69, 9.17) is 0 Å². The molecule has 0 spiro atoms. The lowest BCUT2D eigenvalue weighted by atomic mass is 10.2. The van der Waals surface area contributed by atoms with Crippen molar-refractivity contribution in [2.45, 2.75) is 37.7 Å². The molecule has 7 heteroatoms. The van der Waals surface area contributed by atoms with Crippen LogP contribution in [-0.4, -0.2) is 37.5 Å². The molecule has 2 heterocycles. The van der Waals surface area contributed by atoms with Crippen molar-refractivity contribution in [1.29, 1.82) is 0 Å². The number of hydrogen-bond acceptors (Lipinski definition) is 5. The number of pyridine rings is 1. The number of carbonyl (C=O) groups is 1. The fourth-order valence-electron chi connectivity index (χ4n) is 1.91. The highest BCUT2D eigenvalue weighted by Gasteiger charge is 2.19. The van der Waals surface area contributed by atoms with Gasteiger partial charge in [-0.15, -0.1) is 10.2 Å². The maximum Gasteiger partial charge on any atom is 0.233 e. The van der Waals surface area contributed by atoms with Crippen LogP contribution < -0.4 is 5.32 Å². The van der Waals surface area contributed by atoms with Gasteiger partial charge >= 0.3 is 0 Å². The predicted octanol–water partition coefficient (Wildman–Crippen LogP) is 1.98. The third-order valence-electron chi connectivity index (χ3n) is 2.97. The first-order valence-electron chi connectivity index (χ1n) is 6.95. The highest BCUT2D eigenvalue weighted by molar-refractivity contribution is 8.00. The van der Waals surface area contributed by atoms with Gasteiger partial charge in [0, 0.05) is 31.0 Å². The van der Waals surface area contributed by atoms with Crippen molar-refractivity contribution < 1.29 is 4.79 Å². The summed E-state index contributed by atoms with van der Waals surface area (Å²) in [5.41, 5.74) is 0.969. The topological polar surface area (TPSA) is 72.7 Å². The van der Waals surface area contributed by atoms with Gasteiger partial charge in [0.25, 0.3) is 0 Å². The van der Waals surface area contributed by atoms with Crippen molar-refractivity contribution in [2.24, 2.45) is 0 Å². The molecular weight excluding hydrogens is 286 g/mol. The Morgan fingerprint density at radius 2 is 2.05 bits per heavy atom. The summed E-state index contributed by atoms with van der Waals surface area (Å²) in [6.45, 7) is 7.19. The molecule has 0 radical (unpaired) electrons. The molecule has 112 valence electrons. The van der Waals surface area contributed by atoms with Crippen LogP contribution in [0.5, 0.6) is 0 Å². The Bertz CT molecular complexity index is 599. The van der Waals surface area contributed by atoms with Crippen LogP contribution in [0.2, 0.25) is 0 Å². The van der Waals surface area contributed by atoms with Gasteiger partial charge < -0.3 is 9.88 Å². The zero-order chi connectivity index (χ0) is 15.2. The van der Waals surface area contributed by atoms with E-state index < -0.39 is 0 Å². The van der Waals surface area contributed by atoms with Crippen LogP contribution in [0.1, 0.15) is 20.8 Å². The van der Waals surface area contributed by atoms with Gasteiger partial charge in [0.15, 0.2) is 11.0 Å². The molecule has 21 heavy (non-hydrogen) atoms. The molecule has 1 N–H and O–H groups in total. The van der Waals surface area contributed by atoms with Crippen LogP contribution in [0.4, 0.5) is 0 Å². The monoisotopic (exact) mass is 305 g/mol. The minimum atomic E-state index is -0.204. The van der Waals surface area contributed by atoms with E-state index >= 15 is 0 Å². The number of hydrogen-bond donors (Lipinski definition) is 1. The van der Waals surface area contributed by atoms with Crippen molar-refractivity contribution in [3.63, 3.8) is 0 Å². The first-order chi connectivity index (χ1) is 10.2. The summed E-state index contributed by atoms with van der Waals surface area (Å²) >= 11 is 1.42. The maximum atomic E-state index is 11.8. The molecule has 2 rings (SSSR count). The second-order valence-corrected chi connectivity index (χ2v) is 5.75. The standard InChI is InChI=1S/C14H19N5OS/c1-4-16-13(20)10(3)21-14-18-17-12(19(14)5-2)11-6-8-15-9-7-11/h6-10H,4-5H2,1-3H3,(H,16,20)/t10-/m0/s1. The van der Waals surface area contributed by atoms with E-state index in [1.54, 1.807) is 12.4 Å². The molecule has 2 aromatic rings. The maximum absolute atomic E-state index is 11.8. The summed E-state index contributed by atoms with van der Waals surface area (Å²) < 4.78 is 2.01. The lowest BCUT2D eigenvalue weighted by Crippen LogP contribution is -2.30.